The fourth-order valence-electron chi connectivity index (χ4n) is 3.34. The second kappa shape index (κ2) is 9.49. The zero-order valence-corrected chi connectivity index (χ0v) is 16.9. The van der Waals surface area contributed by atoms with E-state index < -0.39 is 0 Å². The van der Waals surface area contributed by atoms with Crippen LogP contribution in [0.15, 0.2) is 91.0 Å². The molecule has 2 nitrogen and oxygen atoms in total. The summed E-state index contributed by atoms with van der Waals surface area (Å²) < 4.78 is 12.0. The normalized spacial score (nSPS) is 10.8. The second-order valence-corrected chi connectivity index (χ2v) is 7.33. The maximum absolute atomic E-state index is 6.42. The van der Waals surface area contributed by atoms with Crippen LogP contribution in [-0.2, 0) is 12.8 Å². The minimum Gasteiger partial charge on any atom is -0.493 e. The summed E-state index contributed by atoms with van der Waals surface area (Å²) in [5, 5.41) is 2.69. The molecule has 0 aromatic heterocycles. The van der Waals surface area contributed by atoms with Crippen molar-refractivity contribution in [1.82, 2.24) is 0 Å². The van der Waals surface area contributed by atoms with Gasteiger partial charge in [0.25, 0.3) is 0 Å². The molecule has 0 N–H and O–H groups in total. The molecule has 0 aliphatic carbocycles. The summed E-state index contributed by atoms with van der Waals surface area (Å²) in [5.74, 6) is 1.59. The van der Waals surface area contributed by atoms with E-state index in [1.165, 1.54) is 11.1 Å². The van der Waals surface area contributed by atoms with Crippen LogP contribution in [0, 0.1) is 0 Å². The molecule has 3 heteroatoms. The molecule has 4 aromatic rings. The molecule has 0 aliphatic heterocycles. The number of halogens is 1. The second-order valence-electron chi connectivity index (χ2n) is 6.93. The molecule has 0 saturated carbocycles. The van der Waals surface area contributed by atoms with Crippen molar-refractivity contribution < 1.29 is 9.47 Å². The molecule has 0 fully saturated rings. The van der Waals surface area contributed by atoms with Gasteiger partial charge in [0.2, 0.25) is 0 Å². The highest BCUT2D eigenvalue weighted by atomic mass is 35.5. The fourth-order valence-corrected chi connectivity index (χ4v) is 3.56. The van der Waals surface area contributed by atoms with Crippen LogP contribution in [0.2, 0.25) is 5.02 Å². The molecular weight excluding hydrogens is 380 g/mol. The van der Waals surface area contributed by atoms with E-state index >= 15 is 0 Å². The summed E-state index contributed by atoms with van der Waals surface area (Å²) >= 11 is 6.42. The number of ether oxygens (including phenoxy) is 2. The predicted octanol–water partition coefficient (Wildman–Crippen LogP) is 6.74. The SMILES string of the molecule is Clc1ccc2cc(OCCc3ccccc3)ccc2c1OCCc1ccccc1. The van der Waals surface area contributed by atoms with E-state index in [1.807, 2.05) is 54.6 Å². The van der Waals surface area contributed by atoms with Gasteiger partial charge in [0.05, 0.1) is 18.2 Å². The Morgan fingerprint density at radius 2 is 1.24 bits per heavy atom. The Bertz CT molecular complexity index is 1060. The van der Waals surface area contributed by atoms with Gasteiger partial charge < -0.3 is 9.47 Å². The van der Waals surface area contributed by atoms with E-state index in [4.69, 9.17) is 21.1 Å². The van der Waals surface area contributed by atoms with Crippen LogP contribution < -0.4 is 9.47 Å². The van der Waals surface area contributed by atoms with Crippen LogP contribution >= 0.6 is 11.6 Å². The minimum absolute atomic E-state index is 0.582. The molecule has 0 radical (unpaired) electrons. The molecule has 0 spiro atoms. The smallest absolute Gasteiger partial charge is 0.145 e. The lowest BCUT2D eigenvalue weighted by molar-refractivity contribution is 0.321. The van der Waals surface area contributed by atoms with Crippen LogP contribution in [0.25, 0.3) is 10.8 Å². The number of hydrogen-bond donors (Lipinski definition) is 0. The third-order valence-corrected chi connectivity index (χ3v) is 5.17. The summed E-state index contributed by atoms with van der Waals surface area (Å²) in [7, 11) is 0. The van der Waals surface area contributed by atoms with Crippen LogP contribution in [0.1, 0.15) is 11.1 Å². The molecule has 0 atom stereocenters. The average molecular weight is 403 g/mol. The summed E-state index contributed by atoms with van der Waals surface area (Å²) in [6.07, 6.45) is 1.72. The van der Waals surface area contributed by atoms with Gasteiger partial charge in [-0.2, -0.15) is 0 Å². The van der Waals surface area contributed by atoms with E-state index in [0.717, 1.165) is 35.1 Å². The zero-order valence-electron chi connectivity index (χ0n) is 16.2. The van der Waals surface area contributed by atoms with Gasteiger partial charge in [0.1, 0.15) is 11.5 Å². The first-order valence-corrected chi connectivity index (χ1v) is 10.2. The van der Waals surface area contributed by atoms with Crippen molar-refractivity contribution in [3.63, 3.8) is 0 Å². The Kier molecular flexibility index (Phi) is 6.33. The highest BCUT2D eigenvalue weighted by Crippen LogP contribution is 2.35. The molecule has 0 heterocycles. The Labute approximate surface area is 176 Å². The Hall–Kier alpha value is -2.97. The van der Waals surface area contributed by atoms with E-state index in [9.17, 15) is 0 Å². The number of fused-ring (bicyclic) bond motifs is 1. The van der Waals surface area contributed by atoms with Crippen LogP contribution in [-0.4, -0.2) is 13.2 Å². The molecule has 0 amide bonds. The Morgan fingerprint density at radius 3 is 1.90 bits per heavy atom. The molecule has 29 heavy (non-hydrogen) atoms. The van der Waals surface area contributed by atoms with Crippen molar-refractivity contribution in [1.29, 1.82) is 0 Å². The maximum atomic E-state index is 6.42. The van der Waals surface area contributed by atoms with Crippen molar-refractivity contribution in [2.24, 2.45) is 0 Å². The fraction of sp³-hybridized carbons (Fsp3) is 0.154. The molecule has 0 aliphatic rings. The van der Waals surface area contributed by atoms with Gasteiger partial charge in [0.15, 0.2) is 0 Å². The quantitative estimate of drug-likeness (QED) is 0.325. The van der Waals surface area contributed by atoms with Gasteiger partial charge in [-0.05, 0) is 40.8 Å². The molecular formula is C26H23ClO2. The summed E-state index contributed by atoms with van der Waals surface area (Å²) in [6.45, 7) is 1.22. The molecule has 4 rings (SSSR count). The predicted molar refractivity (Wildman–Crippen MR) is 120 cm³/mol. The van der Waals surface area contributed by atoms with Gasteiger partial charge in [0, 0.05) is 18.2 Å². The lowest BCUT2D eigenvalue weighted by atomic mass is 10.1. The first kappa shape index (κ1) is 19.4. The van der Waals surface area contributed by atoms with Gasteiger partial charge in [-0.25, -0.2) is 0 Å². The number of rotatable bonds is 8. The molecule has 146 valence electrons. The number of benzene rings is 4. The lowest BCUT2D eigenvalue weighted by Gasteiger charge is -2.13. The first-order valence-electron chi connectivity index (χ1n) is 9.85. The summed E-state index contributed by atoms with van der Waals surface area (Å²) in [6, 6.07) is 30.6. The molecule has 0 bridgehead atoms. The van der Waals surface area contributed by atoms with E-state index in [2.05, 4.69) is 36.4 Å². The zero-order chi connectivity index (χ0) is 19.9. The monoisotopic (exact) mass is 402 g/mol. The van der Waals surface area contributed by atoms with Gasteiger partial charge in [-0.3, -0.25) is 0 Å². The average Bonchev–Trinajstić information content (AvgIpc) is 2.77. The maximum Gasteiger partial charge on any atom is 0.145 e. The van der Waals surface area contributed by atoms with Crippen LogP contribution in [0.4, 0.5) is 0 Å². The van der Waals surface area contributed by atoms with Crippen molar-refractivity contribution >= 4 is 22.4 Å². The standard InChI is InChI=1S/C26H23ClO2/c27-25-14-11-22-19-23(28-17-15-20-7-3-1-4-8-20)12-13-24(22)26(25)29-18-16-21-9-5-2-6-10-21/h1-14,19H,15-18H2. The molecule has 0 saturated heterocycles. The van der Waals surface area contributed by atoms with Gasteiger partial charge in [-0.1, -0.05) is 78.3 Å². The van der Waals surface area contributed by atoms with Crippen LogP contribution in [0.3, 0.4) is 0 Å². The van der Waals surface area contributed by atoms with Crippen molar-refractivity contribution in [3.8, 4) is 11.5 Å². The van der Waals surface area contributed by atoms with Crippen molar-refractivity contribution in [3.05, 3.63) is 107 Å². The summed E-state index contributed by atoms with van der Waals surface area (Å²) in [4.78, 5) is 0. The largest absolute Gasteiger partial charge is 0.493 e. The summed E-state index contributed by atoms with van der Waals surface area (Å²) in [5.41, 5.74) is 2.52. The molecule has 0 unspecified atom stereocenters. The Balaban J connectivity index is 1.42. The van der Waals surface area contributed by atoms with E-state index in [-0.39, 0.29) is 0 Å². The highest BCUT2D eigenvalue weighted by Gasteiger charge is 2.09. The van der Waals surface area contributed by atoms with Crippen molar-refractivity contribution in [2.75, 3.05) is 13.2 Å². The van der Waals surface area contributed by atoms with Crippen LogP contribution in [0.5, 0.6) is 11.5 Å². The van der Waals surface area contributed by atoms with Gasteiger partial charge >= 0.3 is 0 Å². The first-order chi connectivity index (χ1) is 14.3. The van der Waals surface area contributed by atoms with Gasteiger partial charge in [-0.15, -0.1) is 0 Å². The molecule has 4 aromatic carbocycles. The minimum atomic E-state index is 0.582. The Morgan fingerprint density at radius 1 is 0.621 bits per heavy atom. The number of hydrogen-bond acceptors (Lipinski definition) is 2. The highest BCUT2D eigenvalue weighted by molar-refractivity contribution is 6.33. The lowest BCUT2D eigenvalue weighted by Crippen LogP contribution is -2.03. The topological polar surface area (TPSA) is 18.5 Å². The third kappa shape index (κ3) is 5.10. The van der Waals surface area contributed by atoms with E-state index in [0.29, 0.717) is 18.2 Å². The van der Waals surface area contributed by atoms with E-state index in [1.54, 1.807) is 0 Å². The third-order valence-electron chi connectivity index (χ3n) is 4.88. The van der Waals surface area contributed by atoms with Crippen molar-refractivity contribution in [2.45, 2.75) is 12.8 Å².